The van der Waals surface area contributed by atoms with Gasteiger partial charge >= 0.3 is 0 Å². The van der Waals surface area contributed by atoms with Crippen LogP contribution in [0.2, 0.25) is 0 Å². The van der Waals surface area contributed by atoms with E-state index < -0.39 is 0 Å². The first-order valence-electron chi connectivity index (χ1n) is 10.3. The zero-order valence-electron chi connectivity index (χ0n) is 17.1. The Labute approximate surface area is 167 Å². The first-order chi connectivity index (χ1) is 11.5. The van der Waals surface area contributed by atoms with Crippen molar-refractivity contribution in [2.24, 2.45) is 5.84 Å². The third kappa shape index (κ3) is 20.0. The van der Waals surface area contributed by atoms with Crippen LogP contribution in [0.4, 0.5) is 0 Å². The zero-order chi connectivity index (χ0) is 18.1. The van der Waals surface area contributed by atoms with Gasteiger partial charge in [0.15, 0.2) is 6.54 Å². The second-order valence-corrected chi connectivity index (χ2v) is 7.98. The molecule has 5 heteroatoms. The normalized spacial score (nSPS) is 11.2. The number of carbonyl (C=O) groups excluding carboxylic acids is 1. The predicted molar refractivity (Wildman–Crippen MR) is 104 cm³/mol. The average Bonchev–Trinajstić information content (AvgIpc) is 2.54. The lowest BCUT2D eigenvalue weighted by atomic mass is 10.0. The van der Waals surface area contributed by atoms with Crippen LogP contribution in [-0.4, -0.2) is 37.6 Å². The summed E-state index contributed by atoms with van der Waals surface area (Å²) in [5.74, 6) is 5.07. The molecule has 0 atom stereocenters. The Kier molecular flexibility index (Phi) is 20.2. The maximum Gasteiger partial charge on any atom is 0.289 e. The summed E-state index contributed by atoms with van der Waals surface area (Å²) >= 11 is 0. The zero-order valence-corrected chi connectivity index (χ0v) is 18.7. The fraction of sp³-hybridized carbons (Fsp3) is 0.950. The third-order valence-electron chi connectivity index (χ3n) is 4.85. The number of nitrogens with one attached hydrogen (secondary N) is 1. The SMILES string of the molecule is CCCCCCCCCCCCCCCC[N+](C)(C)CC(=O)NN.[Br-]. The number of hydrazine groups is 1. The molecule has 0 aromatic rings. The van der Waals surface area contributed by atoms with Crippen molar-refractivity contribution in [1.82, 2.24) is 5.43 Å². The van der Waals surface area contributed by atoms with Crippen LogP contribution in [0.15, 0.2) is 0 Å². The molecule has 0 aromatic carbocycles. The van der Waals surface area contributed by atoms with E-state index in [1.165, 1.54) is 89.9 Å². The molecule has 3 N–H and O–H groups in total. The minimum Gasteiger partial charge on any atom is -1.00 e. The number of carbonyl (C=O) groups is 1. The Morgan fingerprint density at radius 2 is 1.12 bits per heavy atom. The standard InChI is InChI=1S/C20H43N3O.BrH/c1-4-5-6-7-8-9-10-11-12-13-14-15-16-17-18-23(2,3)19-20(24)22-21;/h4-19,21H2,1-3H3;1H. The van der Waals surface area contributed by atoms with E-state index in [1.54, 1.807) is 0 Å². The number of halogens is 1. The van der Waals surface area contributed by atoms with Crippen LogP contribution in [0, 0.1) is 0 Å². The summed E-state index contributed by atoms with van der Waals surface area (Å²) in [7, 11) is 4.19. The minimum atomic E-state index is -0.0784. The number of amides is 1. The van der Waals surface area contributed by atoms with Gasteiger partial charge in [0, 0.05) is 0 Å². The summed E-state index contributed by atoms with van der Waals surface area (Å²) in [6, 6.07) is 0. The molecule has 0 saturated heterocycles. The van der Waals surface area contributed by atoms with Crippen LogP contribution in [0.3, 0.4) is 0 Å². The Morgan fingerprint density at radius 3 is 1.48 bits per heavy atom. The van der Waals surface area contributed by atoms with Crippen molar-refractivity contribution in [3.8, 4) is 0 Å². The van der Waals surface area contributed by atoms with E-state index in [0.717, 1.165) is 11.0 Å². The molecule has 0 bridgehead atoms. The predicted octanol–water partition coefficient (Wildman–Crippen LogP) is 1.54. The van der Waals surface area contributed by atoms with Gasteiger partial charge in [-0.3, -0.25) is 10.2 Å². The van der Waals surface area contributed by atoms with Gasteiger partial charge in [0.05, 0.1) is 20.6 Å². The lowest BCUT2D eigenvalue weighted by Gasteiger charge is -2.28. The first-order valence-corrected chi connectivity index (χ1v) is 10.3. The Hall–Kier alpha value is -0.130. The number of quaternary nitrogens is 1. The molecule has 0 aromatic heterocycles. The Balaban J connectivity index is 0. The van der Waals surface area contributed by atoms with Gasteiger partial charge in [-0.25, -0.2) is 5.84 Å². The largest absolute Gasteiger partial charge is 1.00 e. The van der Waals surface area contributed by atoms with E-state index in [9.17, 15) is 4.79 Å². The molecule has 0 aliphatic heterocycles. The molecule has 25 heavy (non-hydrogen) atoms. The van der Waals surface area contributed by atoms with Crippen LogP contribution in [0.1, 0.15) is 96.8 Å². The van der Waals surface area contributed by atoms with E-state index in [0.29, 0.717) is 6.54 Å². The fourth-order valence-corrected chi connectivity index (χ4v) is 3.25. The van der Waals surface area contributed by atoms with Crippen molar-refractivity contribution >= 4 is 5.91 Å². The van der Waals surface area contributed by atoms with E-state index in [-0.39, 0.29) is 22.9 Å². The second-order valence-electron chi connectivity index (χ2n) is 7.98. The lowest BCUT2D eigenvalue weighted by Crippen LogP contribution is -3.00. The molecule has 0 heterocycles. The summed E-state index contributed by atoms with van der Waals surface area (Å²) in [6.45, 7) is 3.79. The van der Waals surface area contributed by atoms with Crippen molar-refractivity contribution in [1.29, 1.82) is 0 Å². The second kappa shape index (κ2) is 18.7. The summed E-state index contributed by atoms with van der Waals surface area (Å²) in [4.78, 5) is 11.3. The van der Waals surface area contributed by atoms with Gasteiger partial charge in [0.25, 0.3) is 5.91 Å². The van der Waals surface area contributed by atoms with Gasteiger partial charge in [-0.2, -0.15) is 0 Å². The molecular weight excluding hydrogens is 378 g/mol. The molecule has 0 aliphatic rings. The van der Waals surface area contributed by atoms with E-state index in [2.05, 4.69) is 26.4 Å². The maximum atomic E-state index is 11.3. The molecule has 0 aliphatic carbocycles. The molecule has 152 valence electrons. The quantitative estimate of drug-likeness (QED) is 0.123. The van der Waals surface area contributed by atoms with Crippen molar-refractivity contribution < 1.29 is 26.3 Å². The minimum absolute atomic E-state index is 0. The highest BCUT2D eigenvalue weighted by Crippen LogP contribution is 2.13. The number of nitrogens with zero attached hydrogens (tertiary/aromatic N) is 1. The van der Waals surface area contributed by atoms with Crippen LogP contribution in [0.25, 0.3) is 0 Å². The topological polar surface area (TPSA) is 55.1 Å². The monoisotopic (exact) mass is 421 g/mol. The van der Waals surface area contributed by atoms with Gasteiger partial charge in [0.1, 0.15) is 0 Å². The first kappa shape index (κ1) is 27.1. The van der Waals surface area contributed by atoms with Crippen molar-refractivity contribution in [3.05, 3.63) is 0 Å². The number of rotatable bonds is 17. The fourth-order valence-electron chi connectivity index (χ4n) is 3.25. The van der Waals surface area contributed by atoms with Crippen LogP contribution in [-0.2, 0) is 4.79 Å². The molecule has 0 fully saturated rings. The number of hydrogen-bond acceptors (Lipinski definition) is 2. The van der Waals surface area contributed by atoms with Crippen molar-refractivity contribution in [2.45, 2.75) is 96.8 Å². The van der Waals surface area contributed by atoms with E-state index >= 15 is 0 Å². The molecule has 1 amide bonds. The number of likely N-dealkylation sites (N-methyl/N-ethyl adjacent to an activating group) is 1. The molecule has 0 rings (SSSR count). The molecule has 0 spiro atoms. The van der Waals surface area contributed by atoms with Gasteiger partial charge < -0.3 is 21.5 Å². The van der Waals surface area contributed by atoms with Gasteiger partial charge in [-0.05, 0) is 12.8 Å². The number of hydrogen-bond donors (Lipinski definition) is 2. The highest BCUT2D eigenvalue weighted by Gasteiger charge is 2.18. The van der Waals surface area contributed by atoms with Crippen molar-refractivity contribution in [3.63, 3.8) is 0 Å². The summed E-state index contributed by atoms with van der Waals surface area (Å²) < 4.78 is 0.724. The van der Waals surface area contributed by atoms with Crippen molar-refractivity contribution in [2.75, 3.05) is 27.2 Å². The average molecular weight is 422 g/mol. The Bertz CT molecular complexity index is 299. The molecule has 0 saturated carbocycles. The molecule has 0 unspecified atom stereocenters. The molecule has 0 radical (unpaired) electrons. The third-order valence-corrected chi connectivity index (χ3v) is 4.85. The van der Waals surface area contributed by atoms with Gasteiger partial charge in [-0.15, -0.1) is 0 Å². The highest BCUT2D eigenvalue weighted by molar-refractivity contribution is 5.76. The highest BCUT2D eigenvalue weighted by atomic mass is 79.9. The van der Waals surface area contributed by atoms with Gasteiger partial charge in [0.2, 0.25) is 0 Å². The van der Waals surface area contributed by atoms with E-state index in [4.69, 9.17) is 5.84 Å². The number of unbranched alkanes of at least 4 members (excludes halogenated alkanes) is 13. The van der Waals surface area contributed by atoms with Crippen LogP contribution < -0.4 is 28.2 Å². The van der Waals surface area contributed by atoms with Crippen LogP contribution >= 0.6 is 0 Å². The lowest BCUT2D eigenvalue weighted by molar-refractivity contribution is -0.882. The van der Waals surface area contributed by atoms with Gasteiger partial charge in [-0.1, -0.05) is 84.0 Å². The maximum absolute atomic E-state index is 11.3. The number of nitrogens with two attached hydrogens (primary N) is 1. The molecule has 4 nitrogen and oxygen atoms in total. The van der Waals surface area contributed by atoms with E-state index in [1.807, 2.05) is 0 Å². The Morgan fingerprint density at radius 1 is 0.760 bits per heavy atom. The summed E-state index contributed by atoms with van der Waals surface area (Å²) in [6.07, 6.45) is 19.3. The summed E-state index contributed by atoms with van der Waals surface area (Å²) in [5.41, 5.74) is 2.22. The molecular formula is C20H44BrN3O. The summed E-state index contributed by atoms with van der Waals surface area (Å²) in [5, 5.41) is 0. The van der Waals surface area contributed by atoms with Crippen LogP contribution in [0.5, 0.6) is 0 Å². The smallest absolute Gasteiger partial charge is 0.289 e.